The molecule has 0 aliphatic carbocycles. The molecule has 1 atom stereocenters. The van der Waals surface area contributed by atoms with Crippen LogP contribution in [0.15, 0.2) is 12.4 Å². The lowest BCUT2D eigenvalue weighted by Gasteiger charge is -2.14. The SMILES string of the molecule is CCCCC(CC)CNCc1cnn(CCO)c1. The van der Waals surface area contributed by atoms with E-state index in [0.717, 1.165) is 19.0 Å². The van der Waals surface area contributed by atoms with Gasteiger partial charge < -0.3 is 10.4 Å². The van der Waals surface area contributed by atoms with Crippen LogP contribution in [-0.2, 0) is 13.1 Å². The van der Waals surface area contributed by atoms with Crippen LogP contribution in [0.1, 0.15) is 45.1 Å². The van der Waals surface area contributed by atoms with E-state index in [2.05, 4.69) is 24.3 Å². The minimum Gasteiger partial charge on any atom is -0.394 e. The van der Waals surface area contributed by atoms with E-state index in [1.165, 1.54) is 31.2 Å². The number of hydrogen-bond acceptors (Lipinski definition) is 3. The molecule has 0 amide bonds. The first-order chi connectivity index (χ1) is 8.80. The Kier molecular flexibility index (Phi) is 7.69. The molecule has 0 aromatic carbocycles. The summed E-state index contributed by atoms with van der Waals surface area (Å²) in [6.45, 7) is 7.18. The van der Waals surface area contributed by atoms with Crippen molar-refractivity contribution in [2.24, 2.45) is 5.92 Å². The van der Waals surface area contributed by atoms with Crippen molar-refractivity contribution < 1.29 is 5.11 Å². The van der Waals surface area contributed by atoms with Crippen LogP contribution in [0, 0.1) is 5.92 Å². The van der Waals surface area contributed by atoms with Gasteiger partial charge in [-0.15, -0.1) is 0 Å². The minimum atomic E-state index is 0.142. The van der Waals surface area contributed by atoms with Crippen LogP contribution in [0.3, 0.4) is 0 Å². The van der Waals surface area contributed by atoms with Crippen molar-refractivity contribution in [2.75, 3.05) is 13.2 Å². The number of aliphatic hydroxyl groups is 1. The molecule has 0 saturated heterocycles. The van der Waals surface area contributed by atoms with Crippen molar-refractivity contribution in [3.63, 3.8) is 0 Å². The summed E-state index contributed by atoms with van der Waals surface area (Å²) in [5.74, 6) is 0.789. The number of nitrogens with one attached hydrogen (secondary N) is 1. The number of nitrogens with zero attached hydrogens (tertiary/aromatic N) is 2. The van der Waals surface area contributed by atoms with Gasteiger partial charge in [-0.05, 0) is 18.9 Å². The van der Waals surface area contributed by atoms with Gasteiger partial charge in [-0.1, -0.05) is 33.1 Å². The zero-order chi connectivity index (χ0) is 13.2. The zero-order valence-electron chi connectivity index (χ0n) is 11.7. The summed E-state index contributed by atoms with van der Waals surface area (Å²) < 4.78 is 1.78. The molecule has 0 aliphatic heterocycles. The van der Waals surface area contributed by atoms with Crippen molar-refractivity contribution in [3.05, 3.63) is 18.0 Å². The van der Waals surface area contributed by atoms with Gasteiger partial charge in [-0.2, -0.15) is 5.10 Å². The lowest BCUT2D eigenvalue weighted by atomic mass is 9.99. The molecule has 104 valence electrons. The van der Waals surface area contributed by atoms with Crippen LogP contribution >= 0.6 is 0 Å². The van der Waals surface area contributed by atoms with Crippen LogP contribution in [0.5, 0.6) is 0 Å². The third-order valence-corrected chi connectivity index (χ3v) is 3.32. The second kappa shape index (κ2) is 9.11. The van der Waals surface area contributed by atoms with E-state index in [1.807, 2.05) is 12.4 Å². The van der Waals surface area contributed by atoms with Crippen LogP contribution in [0.25, 0.3) is 0 Å². The second-order valence-corrected chi connectivity index (χ2v) is 4.88. The molecule has 4 heteroatoms. The molecule has 0 saturated carbocycles. The molecule has 0 aliphatic rings. The Balaban J connectivity index is 2.22. The fourth-order valence-corrected chi connectivity index (χ4v) is 2.09. The second-order valence-electron chi connectivity index (χ2n) is 4.88. The molecule has 1 rings (SSSR count). The fraction of sp³-hybridized carbons (Fsp3) is 0.786. The van der Waals surface area contributed by atoms with E-state index >= 15 is 0 Å². The molecule has 0 radical (unpaired) electrons. The van der Waals surface area contributed by atoms with Crippen molar-refractivity contribution in [1.82, 2.24) is 15.1 Å². The number of aliphatic hydroxyl groups excluding tert-OH is 1. The average Bonchev–Trinajstić information content (AvgIpc) is 2.82. The van der Waals surface area contributed by atoms with Gasteiger partial charge in [0.05, 0.1) is 19.3 Å². The highest BCUT2D eigenvalue weighted by molar-refractivity contribution is 5.03. The van der Waals surface area contributed by atoms with Gasteiger partial charge in [-0.25, -0.2) is 0 Å². The quantitative estimate of drug-likeness (QED) is 0.672. The van der Waals surface area contributed by atoms with Gasteiger partial charge in [0.2, 0.25) is 0 Å². The number of rotatable bonds is 10. The normalized spacial score (nSPS) is 12.8. The van der Waals surface area contributed by atoms with Crippen molar-refractivity contribution in [2.45, 2.75) is 52.6 Å². The summed E-state index contributed by atoms with van der Waals surface area (Å²) >= 11 is 0. The zero-order valence-corrected chi connectivity index (χ0v) is 11.7. The van der Waals surface area contributed by atoms with Gasteiger partial charge in [0.25, 0.3) is 0 Å². The first-order valence-corrected chi connectivity index (χ1v) is 7.13. The molecule has 1 heterocycles. The molecule has 18 heavy (non-hydrogen) atoms. The number of hydrogen-bond donors (Lipinski definition) is 2. The van der Waals surface area contributed by atoms with Crippen LogP contribution in [0.4, 0.5) is 0 Å². The van der Waals surface area contributed by atoms with Gasteiger partial charge >= 0.3 is 0 Å². The minimum absolute atomic E-state index is 0.142. The predicted molar refractivity (Wildman–Crippen MR) is 74.3 cm³/mol. The van der Waals surface area contributed by atoms with Crippen molar-refractivity contribution in [3.8, 4) is 0 Å². The van der Waals surface area contributed by atoms with Gasteiger partial charge in [0.15, 0.2) is 0 Å². The summed E-state index contributed by atoms with van der Waals surface area (Å²) in [6, 6.07) is 0. The average molecular weight is 253 g/mol. The van der Waals surface area contributed by atoms with E-state index in [-0.39, 0.29) is 6.61 Å². The third-order valence-electron chi connectivity index (χ3n) is 3.32. The van der Waals surface area contributed by atoms with Crippen molar-refractivity contribution in [1.29, 1.82) is 0 Å². The molecule has 1 aromatic heterocycles. The summed E-state index contributed by atoms with van der Waals surface area (Å²) in [5, 5.41) is 16.5. The maximum absolute atomic E-state index is 8.82. The summed E-state index contributed by atoms with van der Waals surface area (Å²) in [5.41, 5.74) is 1.19. The first kappa shape index (κ1) is 15.2. The smallest absolute Gasteiger partial charge is 0.0640 e. The van der Waals surface area contributed by atoms with E-state index in [4.69, 9.17) is 5.11 Å². The Morgan fingerprint density at radius 2 is 2.28 bits per heavy atom. The Morgan fingerprint density at radius 3 is 2.94 bits per heavy atom. The largest absolute Gasteiger partial charge is 0.394 e. The Morgan fingerprint density at radius 1 is 1.44 bits per heavy atom. The first-order valence-electron chi connectivity index (χ1n) is 7.13. The third kappa shape index (κ3) is 5.65. The topological polar surface area (TPSA) is 50.1 Å². The van der Waals surface area contributed by atoms with E-state index in [1.54, 1.807) is 4.68 Å². The highest BCUT2D eigenvalue weighted by Gasteiger charge is 2.05. The predicted octanol–water partition coefficient (Wildman–Crippen LogP) is 2.18. The van der Waals surface area contributed by atoms with Crippen LogP contribution in [0.2, 0.25) is 0 Å². The standard InChI is InChI=1S/C14H27N3O/c1-3-5-6-13(4-2)9-15-10-14-11-16-17(12-14)7-8-18/h11-13,15,18H,3-10H2,1-2H3. The van der Waals surface area contributed by atoms with E-state index in [0.29, 0.717) is 6.54 Å². The van der Waals surface area contributed by atoms with E-state index < -0.39 is 0 Å². The summed E-state index contributed by atoms with van der Waals surface area (Å²) in [4.78, 5) is 0. The number of unbranched alkanes of at least 4 members (excludes halogenated alkanes) is 1. The molecule has 2 N–H and O–H groups in total. The Labute approximate surface area is 110 Å². The summed E-state index contributed by atoms with van der Waals surface area (Å²) in [7, 11) is 0. The highest BCUT2D eigenvalue weighted by Crippen LogP contribution is 2.11. The molecule has 1 aromatic rings. The molecule has 1 unspecified atom stereocenters. The van der Waals surface area contributed by atoms with Gasteiger partial charge in [0, 0.05) is 18.3 Å². The van der Waals surface area contributed by atoms with Gasteiger partial charge in [0.1, 0.15) is 0 Å². The van der Waals surface area contributed by atoms with Crippen molar-refractivity contribution >= 4 is 0 Å². The maximum atomic E-state index is 8.82. The Bertz CT molecular complexity index is 312. The molecule has 4 nitrogen and oxygen atoms in total. The van der Waals surface area contributed by atoms with E-state index in [9.17, 15) is 0 Å². The van der Waals surface area contributed by atoms with Crippen LogP contribution in [-0.4, -0.2) is 28.0 Å². The molecular weight excluding hydrogens is 226 g/mol. The molecule has 0 bridgehead atoms. The van der Waals surface area contributed by atoms with Crippen LogP contribution < -0.4 is 5.32 Å². The lowest BCUT2D eigenvalue weighted by molar-refractivity contribution is 0.269. The maximum Gasteiger partial charge on any atom is 0.0640 e. The lowest BCUT2D eigenvalue weighted by Crippen LogP contribution is -2.22. The fourth-order valence-electron chi connectivity index (χ4n) is 2.09. The highest BCUT2D eigenvalue weighted by atomic mass is 16.3. The number of aromatic nitrogens is 2. The molecule has 0 fully saturated rings. The Hall–Kier alpha value is -0.870. The monoisotopic (exact) mass is 253 g/mol. The van der Waals surface area contributed by atoms with Gasteiger partial charge in [-0.3, -0.25) is 4.68 Å². The summed E-state index contributed by atoms with van der Waals surface area (Å²) in [6.07, 6.45) is 9.05. The molecule has 0 spiro atoms. The molecular formula is C14H27N3O.